The SMILES string of the molecule is O=C([O-])CCC(=O)C(=O)[O-].O=C([O-])CCC(O)(CC(=O)[O-])C(=O)[O-]. The van der Waals surface area contributed by atoms with E-state index < -0.39 is 73.3 Å². The quantitative estimate of drug-likeness (QED) is 0.362. The largest absolute Gasteiger partial charge is 0.550 e. The van der Waals surface area contributed by atoms with Crippen molar-refractivity contribution in [1.29, 1.82) is 0 Å². The summed E-state index contributed by atoms with van der Waals surface area (Å²) in [6, 6.07) is 0. The maximum atomic E-state index is 10.3. The van der Waals surface area contributed by atoms with Crippen molar-refractivity contribution in [2.45, 2.75) is 37.7 Å². The van der Waals surface area contributed by atoms with E-state index in [2.05, 4.69) is 0 Å². The third kappa shape index (κ3) is 11.6. The summed E-state index contributed by atoms with van der Waals surface area (Å²) in [6.07, 6.45) is -3.94. The summed E-state index contributed by atoms with van der Waals surface area (Å²) in [6.45, 7) is 0. The molecule has 0 saturated carbocycles. The Kier molecular flexibility index (Phi) is 10.3. The van der Waals surface area contributed by atoms with Gasteiger partial charge in [0.15, 0.2) is 5.78 Å². The molecule has 0 rings (SSSR count). The molecule has 0 saturated heterocycles. The van der Waals surface area contributed by atoms with Crippen molar-refractivity contribution in [1.82, 2.24) is 0 Å². The smallest absolute Gasteiger partial charge is 0.178 e. The molecule has 0 radical (unpaired) electrons. The molecule has 0 heterocycles. The first-order valence-corrected chi connectivity index (χ1v) is 6.09. The number of aliphatic hydroxyl groups is 1. The third-order valence-corrected chi connectivity index (χ3v) is 2.34. The van der Waals surface area contributed by atoms with Gasteiger partial charge in [0.25, 0.3) is 0 Å². The van der Waals surface area contributed by atoms with Gasteiger partial charge in [-0.05, 0) is 19.3 Å². The van der Waals surface area contributed by atoms with Crippen LogP contribution >= 0.6 is 0 Å². The van der Waals surface area contributed by atoms with Gasteiger partial charge in [-0.25, -0.2) is 0 Å². The lowest BCUT2D eigenvalue weighted by atomic mass is 9.94. The Balaban J connectivity index is 0. The van der Waals surface area contributed by atoms with Crippen LogP contribution in [0.3, 0.4) is 0 Å². The van der Waals surface area contributed by atoms with Gasteiger partial charge in [-0.15, -0.1) is 0 Å². The molecule has 0 bridgehead atoms. The zero-order chi connectivity index (χ0) is 19.5. The summed E-state index contributed by atoms with van der Waals surface area (Å²) in [5, 5.41) is 58.7. The molecule has 0 fully saturated rings. The molecular weight excluding hydrogens is 336 g/mol. The lowest BCUT2D eigenvalue weighted by Crippen LogP contribution is -2.52. The van der Waals surface area contributed by atoms with Crippen molar-refractivity contribution < 1.29 is 59.4 Å². The van der Waals surface area contributed by atoms with Gasteiger partial charge in [0.05, 0.1) is 5.97 Å². The molecule has 0 aliphatic heterocycles. The van der Waals surface area contributed by atoms with Crippen molar-refractivity contribution >= 4 is 35.6 Å². The molecule has 12 nitrogen and oxygen atoms in total. The molecule has 1 unspecified atom stereocenters. The number of carbonyl (C=O) groups excluding carboxylic acids is 6. The highest BCUT2D eigenvalue weighted by Crippen LogP contribution is 2.16. The van der Waals surface area contributed by atoms with Crippen LogP contribution in [0.25, 0.3) is 0 Å². The minimum Gasteiger partial charge on any atom is -0.550 e. The normalized spacial score (nSPS) is 12.0. The fraction of sp³-hybridized carbons (Fsp3) is 0.500. The van der Waals surface area contributed by atoms with Crippen molar-refractivity contribution in [3.8, 4) is 0 Å². The predicted molar refractivity (Wildman–Crippen MR) is 58.1 cm³/mol. The topological polar surface area (TPSA) is 238 Å². The van der Waals surface area contributed by atoms with E-state index in [0.717, 1.165) is 0 Å². The number of ketones is 1. The van der Waals surface area contributed by atoms with Crippen molar-refractivity contribution in [2.24, 2.45) is 0 Å². The first-order valence-electron chi connectivity index (χ1n) is 6.09. The molecule has 12 heteroatoms. The summed E-state index contributed by atoms with van der Waals surface area (Å²) >= 11 is 0. The zero-order valence-corrected chi connectivity index (χ0v) is 12.0. The number of aliphatic carboxylic acids is 5. The van der Waals surface area contributed by atoms with Crippen LogP contribution in [-0.4, -0.2) is 46.3 Å². The highest BCUT2D eigenvalue weighted by Gasteiger charge is 2.28. The third-order valence-electron chi connectivity index (χ3n) is 2.34. The standard InChI is InChI=1S/C7H10O7.C5H6O5/c8-4(9)1-2-7(14,6(12)13)3-5(10)11;6-3(5(9)10)1-2-4(7)8/h14H,1-3H2,(H,8,9)(H,10,11)(H,12,13);1-2H2,(H,7,8)(H,9,10)/p-5. The molecule has 1 N–H and O–H groups in total. The first-order chi connectivity index (χ1) is 10.8. The lowest BCUT2D eigenvalue weighted by molar-refractivity contribution is -0.335. The molecule has 0 aromatic heterocycles. The number of rotatable bonds is 10. The Hall–Kier alpha value is -3.02. The van der Waals surface area contributed by atoms with E-state index in [1.807, 2.05) is 0 Å². The molecule has 136 valence electrons. The Morgan fingerprint density at radius 3 is 1.46 bits per heavy atom. The van der Waals surface area contributed by atoms with E-state index in [9.17, 15) is 54.3 Å². The van der Waals surface area contributed by atoms with E-state index in [4.69, 9.17) is 5.11 Å². The van der Waals surface area contributed by atoms with Crippen LogP contribution in [0, 0.1) is 0 Å². The minimum absolute atomic E-state index is 0.565. The first kappa shape index (κ1) is 23.2. The summed E-state index contributed by atoms with van der Waals surface area (Å²) in [7, 11) is 0. The number of carbonyl (C=O) groups is 6. The molecule has 0 aliphatic carbocycles. The maximum Gasteiger partial charge on any atom is 0.178 e. The van der Waals surface area contributed by atoms with Crippen LogP contribution in [0.4, 0.5) is 0 Å². The number of carboxylic acid groups (broad SMARTS) is 5. The van der Waals surface area contributed by atoms with Gasteiger partial charge in [0, 0.05) is 30.7 Å². The fourth-order valence-electron chi connectivity index (χ4n) is 1.13. The molecule has 0 aliphatic rings. The summed E-state index contributed by atoms with van der Waals surface area (Å²) in [5.41, 5.74) is -2.72. The molecule has 0 spiro atoms. The van der Waals surface area contributed by atoms with Crippen LogP contribution in [0.5, 0.6) is 0 Å². The summed E-state index contributed by atoms with van der Waals surface area (Å²) in [4.78, 5) is 59.7. The second-order valence-electron chi connectivity index (χ2n) is 4.32. The molecule has 0 amide bonds. The zero-order valence-electron chi connectivity index (χ0n) is 12.0. The predicted octanol–water partition coefficient (Wildman–Crippen LogP) is -8.03. The lowest BCUT2D eigenvalue weighted by Gasteiger charge is -2.29. The van der Waals surface area contributed by atoms with Crippen LogP contribution < -0.4 is 25.5 Å². The Morgan fingerprint density at radius 1 is 0.708 bits per heavy atom. The average molecular weight is 347 g/mol. The summed E-state index contributed by atoms with van der Waals surface area (Å²) in [5.74, 6) is -9.99. The van der Waals surface area contributed by atoms with Crippen molar-refractivity contribution in [2.75, 3.05) is 0 Å². The van der Waals surface area contributed by atoms with Crippen molar-refractivity contribution in [3.05, 3.63) is 0 Å². The molecule has 0 aromatic carbocycles. The molecule has 1 atom stereocenters. The summed E-state index contributed by atoms with van der Waals surface area (Å²) < 4.78 is 0. The Bertz CT molecular complexity index is 522. The minimum atomic E-state index is -2.72. The second-order valence-corrected chi connectivity index (χ2v) is 4.32. The van der Waals surface area contributed by atoms with Gasteiger partial charge >= 0.3 is 0 Å². The van der Waals surface area contributed by atoms with E-state index >= 15 is 0 Å². The van der Waals surface area contributed by atoms with Gasteiger partial charge in [0.1, 0.15) is 11.6 Å². The van der Waals surface area contributed by atoms with Gasteiger partial charge in [-0.1, -0.05) is 0 Å². The van der Waals surface area contributed by atoms with E-state index in [1.165, 1.54) is 0 Å². The van der Waals surface area contributed by atoms with Gasteiger partial charge in [-0.3, -0.25) is 4.79 Å². The fourth-order valence-corrected chi connectivity index (χ4v) is 1.13. The number of hydrogen-bond acceptors (Lipinski definition) is 12. The average Bonchev–Trinajstić information content (AvgIpc) is 2.42. The van der Waals surface area contributed by atoms with Crippen LogP contribution in [-0.2, 0) is 28.8 Å². The van der Waals surface area contributed by atoms with Gasteiger partial charge < -0.3 is 54.6 Å². The highest BCUT2D eigenvalue weighted by molar-refractivity contribution is 6.31. The van der Waals surface area contributed by atoms with E-state index in [0.29, 0.717) is 0 Å². The Morgan fingerprint density at radius 2 is 1.17 bits per heavy atom. The van der Waals surface area contributed by atoms with Crippen LogP contribution in [0.2, 0.25) is 0 Å². The monoisotopic (exact) mass is 347 g/mol. The van der Waals surface area contributed by atoms with Crippen LogP contribution in [0.1, 0.15) is 32.1 Å². The molecule has 0 aromatic rings. The highest BCUT2D eigenvalue weighted by atomic mass is 16.4. The molecule has 24 heavy (non-hydrogen) atoms. The van der Waals surface area contributed by atoms with Gasteiger partial charge in [0.2, 0.25) is 0 Å². The van der Waals surface area contributed by atoms with E-state index in [-0.39, 0.29) is 0 Å². The number of Topliss-reactive ketones (excluding diaryl/α,β-unsaturated/α-hetero) is 1. The maximum absolute atomic E-state index is 10.3. The second kappa shape index (κ2) is 10.7. The van der Waals surface area contributed by atoms with E-state index in [1.54, 1.807) is 0 Å². The number of carboxylic acids is 5. The van der Waals surface area contributed by atoms with Gasteiger partial charge in [-0.2, -0.15) is 0 Å². The number of hydrogen-bond donors (Lipinski definition) is 1. The Labute approximate surface area is 133 Å². The van der Waals surface area contributed by atoms with Crippen molar-refractivity contribution in [3.63, 3.8) is 0 Å². The van der Waals surface area contributed by atoms with Crippen LogP contribution in [0.15, 0.2) is 0 Å². The molecular formula is C12H11O12-5.